The molecule has 26 heavy (non-hydrogen) atoms. The van der Waals surface area contributed by atoms with Crippen molar-refractivity contribution in [2.75, 3.05) is 19.3 Å². The number of fused-ring (bicyclic) bond motifs is 2. The third-order valence-electron chi connectivity index (χ3n) is 5.91. The highest BCUT2D eigenvalue weighted by molar-refractivity contribution is 7.88. The van der Waals surface area contributed by atoms with Gasteiger partial charge in [-0.15, -0.1) is 0 Å². The first-order chi connectivity index (χ1) is 12.5. The molecule has 0 saturated carbocycles. The predicted molar refractivity (Wildman–Crippen MR) is 102 cm³/mol. The van der Waals surface area contributed by atoms with Crippen LogP contribution in [-0.2, 0) is 22.0 Å². The maximum absolute atomic E-state index is 11.9. The van der Waals surface area contributed by atoms with Gasteiger partial charge >= 0.3 is 0 Å². The molecule has 1 saturated heterocycles. The number of hydrogen-bond acceptors (Lipinski definition) is 4. The lowest BCUT2D eigenvalue weighted by molar-refractivity contribution is 0.220. The molecule has 2 aromatic rings. The molecule has 1 aromatic heterocycles. The number of hydrogen-bond donors (Lipinski definition) is 1. The molecule has 0 bridgehead atoms. The molecule has 1 unspecified atom stereocenters. The van der Waals surface area contributed by atoms with Crippen LogP contribution in [0, 0.1) is 0 Å². The molecule has 2 aliphatic rings. The quantitative estimate of drug-likeness (QED) is 0.897. The molecule has 1 atom stereocenters. The highest BCUT2D eigenvalue weighted by Gasteiger charge is 2.46. The van der Waals surface area contributed by atoms with Crippen molar-refractivity contribution in [2.24, 2.45) is 0 Å². The van der Waals surface area contributed by atoms with Gasteiger partial charge in [0, 0.05) is 31.9 Å². The summed E-state index contributed by atoms with van der Waals surface area (Å²) in [5, 5.41) is 3.67. The van der Waals surface area contributed by atoms with Crippen molar-refractivity contribution in [3.63, 3.8) is 0 Å². The Hall–Kier alpha value is -1.76. The molecule has 4 rings (SSSR count). The zero-order valence-electron chi connectivity index (χ0n) is 15.1. The fraction of sp³-hybridized carbons (Fsp3) is 0.450. The van der Waals surface area contributed by atoms with Crippen molar-refractivity contribution >= 4 is 10.0 Å². The van der Waals surface area contributed by atoms with E-state index < -0.39 is 10.0 Å². The summed E-state index contributed by atoms with van der Waals surface area (Å²) in [6.45, 7) is 1.96. The van der Waals surface area contributed by atoms with E-state index in [1.807, 2.05) is 24.4 Å². The number of aromatic nitrogens is 1. The van der Waals surface area contributed by atoms with E-state index in [1.165, 1.54) is 17.4 Å². The first kappa shape index (κ1) is 17.6. The third-order valence-corrected chi connectivity index (χ3v) is 7.21. The number of benzene rings is 1. The Morgan fingerprint density at radius 2 is 1.88 bits per heavy atom. The Bertz CT molecular complexity index is 875. The van der Waals surface area contributed by atoms with Crippen LogP contribution in [0.5, 0.6) is 0 Å². The summed E-state index contributed by atoms with van der Waals surface area (Å²) in [5.41, 5.74) is 3.88. The molecule has 0 radical (unpaired) electrons. The Morgan fingerprint density at radius 3 is 2.58 bits per heavy atom. The van der Waals surface area contributed by atoms with E-state index in [4.69, 9.17) is 0 Å². The van der Waals surface area contributed by atoms with Crippen molar-refractivity contribution < 1.29 is 8.42 Å². The van der Waals surface area contributed by atoms with Crippen LogP contribution in [-0.4, -0.2) is 37.1 Å². The summed E-state index contributed by atoms with van der Waals surface area (Å²) >= 11 is 0. The highest BCUT2D eigenvalue weighted by Crippen LogP contribution is 2.50. The van der Waals surface area contributed by atoms with E-state index in [1.54, 1.807) is 4.31 Å². The van der Waals surface area contributed by atoms with Gasteiger partial charge in [0.1, 0.15) is 0 Å². The van der Waals surface area contributed by atoms with Crippen LogP contribution in [0.2, 0.25) is 0 Å². The van der Waals surface area contributed by atoms with E-state index in [0.717, 1.165) is 31.5 Å². The summed E-state index contributed by atoms with van der Waals surface area (Å²) in [6, 6.07) is 14.9. The van der Waals surface area contributed by atoms with Gasteiger partial charge in [0.05, 0.1) is 11.9 Å². The minimum atomic E-state index is -3.10. The van der Waals surface area contributed by atoms with Gasteiger partial charge < -0.3 is 5.32 Å². The minimum Gasteiger partial charge on any atom is -0.304 e. The van der Waals surface area contributed by atoms with Crippen LogP contribution < -0.4 is 5.32 Å². The molecule has 2 heterocycles. The Kier molecular flexibility index (Phi) is 4.59. The number of sulfonamides is 1. The molecular formula is C20H25N3O2S. The molecule has 138 valence electrons. The maximum Gasteiger partial charge on any atom is 0.211 e. The van der Waals surface area contributed by atoms with Crippen LogP contribution >= 0.6 is 0 Å². The molecule has 1 aliphatic carbocycles. The van der Waals surface area contributed by atoms with E-state index in [0.29, 0.717) is 13.1 Å². The second-order valence-electron chi connectivity index (χ2n) is 7.49. The lowest BCUT2D eigenvalue weighted by Crippen LogP contribution is -2.44. The van der Waals surface area contributed by atoms with Gasteiger partial charge in [-0.05, 0) is 47.9 Å². The van der Waals surface area contributed by atoms with Crippen molar-refractivity contribution in [1.29, 1.82) is 0 Å². The number of piperidine rings is 1. The second kappa shape index (κ2) is 6.76. The fourth-order valence-electron chi connectivity index (χ4n) is 4.53. The molecule has 1 aromatic carbocycles. The molecule has 1 N–H and O–H groups in total. The van der Waals surface area contributed by atoms with Gasteiger partial charge in [-0.2, -0.15) is 0 Å². The standard InChI is InChI=1S/C20H25N3O2S/c1-26(24,25)23-12-9-20(10-13-23)14-19(17-7-2-3-8-18(17)20)22-15-16-6-4-5-11-21-16/h2-8,11,19,22H,9-10,12-15H2,1H3. The zero-order valence-corrected chi connectivity index (χ0v) is 15.9. The number of pyridine rings is 1. The summed E-state index contributed by atoms with van der Waals surface area (Å²) in [6.07, 6.45) is 5.93. The minimum absolute atomic E-state index is 0.0829. The van der Waals surface area contributed by atoms with Gasteiger partial charge in [0.25, 0.3) is 0 Å². The first-order valence-electron chi connectivity index (χ1n) is 9.16. The van der Waals surface area contributed by atoms with Crippen molar-refractivity contribution in [3.8, 4) is 0 Å². The Morgan fingerprint density at radius 1 is 1.15 bits per heavy atom. The van der Waals surface area contributed by atoms with Gasteiger partial charge in [-0.1, -0.05) is 30.3 Å². The van der Waals surface area contributed by atoms with E-state index in [9.17, 15) is 8.42 Å². The predicted octanol–water partition coefficient (Wildman–Crippen LogP) is 2.61. The first-order valence-corrected chi connectivity index (χ1v) is 11.0. The maximum atomic E-state index is 11.9. The van der Waals surface area contributed by atoms with Gasteiger partial charge in [-0.3, -0.25) is 4.98 Å². The SMILES string of the molecule is CS(=O)(=O)N1CCC2(CC1)CC(NCc1ccccn1)c1ccccc12. The van der Waals surface area contributed by atoms with Gasteiger partial charge in [-0.25, -0.2) is 12.7 Å². The van der Waals surface area contributed by atoms with E-state index in [2.05, 4.69) is 34.6 Å². The largest absolute Gasteiger partial charge is 0.304 e. The van der Waals surface area contributed by atoms with Gasteiger partial charge in [0.15, 0.2) is 0 Å². The van der Waals surface area contributed by atoms with Crippen LogP contribution in [0.1, 0.15) is 42.1 Å². The molecular weight excluding hydrogens is 346 g/mol. The van der Waals surface area contributed by atoms with Crippen LogP contribution in [0.4, 0.5) is 0 Å². The average molecular weight is 372 g/mol. The second-order valence-corrected chi connectivity index (χ2v) is 9.47. The lowest BCUT2D eigenvalue weighted by Gasteiger charge is -2.39. The molecule has 5 nitrogen and oxygen atoms in total. The molecule has 6 heteroatoms. The summed E-state index contributed by atoms with van der Waals surface area (Å²) in [4.78, 5) is 4.40. The Balaban J connectivity index is 1.54. The lowest BCUT2D eigenvalue weighted by atomic mass is 9.74. The highest BCUT2D eigenvalue weighted by atomic mass is 32.2. The van der Waals surface area contributed by atoms with Crippen LogP contribution in [0.15, 0.2) is 48.7 Å². The molecule has 1 spiro atoms. The number of nitrogens with zero attached hydrogens (tertiary/aromatic N) is 2. The fourth-order valence-corrected chi connectivity index (χ4v) is 5.37. The zero-order chi connectivity index (χ0) is 18.2. The number of rotatable bonds is 4. The topological polar surface area (TPSA) is 62.3 Å². The molecule has 1 aliphatic heterocycles. The smallest absolute Gasteiger partial charge is 0.211 e. The normalized spacial score (nSPS) is 22.4. The molecule has 1 fully saturated rings. The van der Waals surface area contributed by atoms with Crippen LogP contribution in [0.3, 0.4) is 0 Å². The van der Waals surface area contributed by atoms with E-state index >= 15 is 0 Å². The van der Waals surface area contributed by atoms with Crippen molar-refractivity contribution in [2.45, 2.75) is 37.3 Å². The van der Waals surface area contributed by atoms with E-state index in [-0.39, 0.29) is 11.5 Å². The number of nitrogens with one attached hydrogen (secondary N) is 1. The summed E-state index contributed by atoms with van der Waals surface area (Å²) < 4.78 is 25.4. The summed E-state index contributed by atoms with van der Waals surface area (Å²) in [5.74, 6) is 0. The Labute approximate surface area is 155 Å². The molecule has 0 amide bonds. The monoisotopic (exact) mass is 371 g/mol. The average Bonchev–Trinajstić information content (AvgIpc) is 2.94. The van der Waals surface area contributed by atoms with Crippen molar-refractivity contribution in [3.05, 3.63) is 65.5 Å². The third kappa shape index (κ3) is 3.29. The van der Waals surface area contributed by atoms with Gasteiger partial charge in [0.2, 0.25) is 10.0 Å². The van der Waals surface area contributed by atoms with Crippen molar-refractivity contribution in [1.82, 2.24) is 14.6 Å². The van der Waals surface area contributed by atoms with Crippen LogP contribution in [0.25, 0.3) is 0 Å². The summed E-state index contributed by atoms with van der Waals surface area (Å²) in [7, 11) is -3.10.